The van der Waals surface area contributed by atoms with Crippen LogP contribution in [0.4, 0.5) is 15.8 Å². The first kappa shape index (κ1) is 24.1. The molecule has 10 heteroatoms. The molecule has 0 aliphatic carbocycles. The van der Waals surface area contributed by atoms with E-state index in [4.69, 9.17) is 14.2 Å². The monoisotopic (exact) mass is 498 g/mol. The van der Waals surface area contributed by atoms with Crippen molar-refractivity contribution in [2.75, 3.05) is 36.0 Å². The van der Waals surface area contributed by atoms with Crippen LogP contribution in [0.3, 0.4) is 0 Å². The van der Waals surface area contributed by atoms with Crippen LogP contribution in [0.25, 0.3) is 0 Å². The molecule has 0 saturated heterocycles. The molecule has 0 saturated carbocycles. The number of amides is 1. The second kappa shape index (κ2) is 10.5. The summed E-state index contributed by atoms with van der Waals surface area (Å²) in [6.45, 7) is 3.91. The molecule has 0 spiro atoms. The molecule has 1 aliphatic rings. The lowest BCUT2D eigenvalue weighted by atomic mass is 10.3. The third-order valence-electron chi connectivity index (χ3n) is 4.97. The highest BCUT2D eigenvalue weighted by Gasteiger charge is 2.29. The van der Waals surface area contributed by atoms with Crippen LogP contribution in [0.1, 0.15) is 0 Å². The molecule has 0 atom stereocenters. The number of nitrogens with one attached hydrogen (secondary N) is 1. The molecule has 0 fully saturated rings. The number of hydrogen-bond acceptors (Lipinski definition) is 6. The first-order chi connectivity index (χ1) is 16.9. The third-order valence-corrected chi connectivity index (χ3v) is 6.74. The molecule has 4 rings (SSSR count). The first-order valence-corrected chi connectivity index (χ1v) is 12.1. The van der Waals surface area contributed by atoms with Crippen LogP contribution in [-0.2, 0) is 14.8 Å². The average molecular weight is 499 g/mol. The number of halogens is 1. The van der Waals surface area contributed by atoms with Gasteiger partial charge in [-0.25, -0.2) is 12.8 Å². The predicted molar refractivity (Wildman–Crippen MR) is 129 cm³/mol. The summed E-state index contributed by atoms with van der Waals surface area (Å²) in [5.74, 6) is -0.0664. The Morgan fingerprint density at radius 1 is 1.06 bits per heavy atom. The summed E-state index contributed by atoms with van der Waals surface area (Å²) in [4.78, 5) is 12.8. The number of sulfonamides is 1. The van der Waals surface area contributed by atoms with E-state index in [1.54, 1.807) is 30.3 Å². The van der Waals surface area contributed by atoms with E-state index in [2.05, 4.69) is 11.9 Å². The highest BCUT2D eigenvalue weighted by atomic mass is 32.2. The van der Waals surface area contributed by atoms with E-state index in [1.165, 1.54) is 36.4 Å². The van der Waals surface area contributed by atoms with E-state index in [0.29, 0.717) is 30.4 Å². The average Bonchev–Trinajstić information content (AvgIpc) is 2.86. The zero-order valence-corrected chi connectivity index (χ0v) is 19.5. The molecule has 8 nitrogen and oxygen atoms in total. The van der Waals surface area contributed by atoms with E-state index in [0.717, 1.165) is 10.4 Å². The van der Waals surface area contributed by atoms with Gasteiger partial charge in [0, 0.05) is 17.8 Å². The van der Waals surface area contributed by atoms with Crippen LogP contribution in [0.5, 0.6) is 17.2 Å². The molecular weight excluding hydrogens is 475 g/mol. The number of benzene rings is 3. The molecule has 3 aromatic carbocycles. The largest absolute Gasteiger partial charge is 0.489 e. The molecule has 0 bridgehead atoms. The van der Waals surface area contributed by atoms with Gasteiger partial charge in [-0.3, -0.25) is 9.10 Å². The quantitative estimate of drug-likeness (QED) is 0.449. The second-order valence-corrected chi connectivity index (χ2v) is 9.34. The number of carbonyl (C=O) groups excluding carboxylic acids is 1. The zero-order chi connectivity index (χ0) is 24.8. The summed E-state index contributed by atoms with van der Waals surface area (Å²) in [6.07, 6.45) is 1.59. The van der Waals surface area contributed by atoms with Gasteiger partial charge in [-0.2, -0.15) is 0 Å². The van der Waals surface area contributed by atoms with Crippen molar-refractivity contribution >= 4 is 27.3 Å². The molecular formula is C25H23FN2O6S. The number of nitrogens with zero attached hydrogens (tertiary/aromatic N) is 1. The lowest BCUT2D eigenvalue weighted by Gasteiger charge is -2.25. The van der Waals surface area contributed by atoms with Crippen molar-refractivity contribution in [3.05, 3.63) is 85.2 Å². The molecule has 1 N–H and O–H groups in total. The molecule has 35 heavy (non-hydrogen) atoms. The molecule has 1 heterocycles. The minimum atomic E-state index is -4.28. The van der Waals surface area contributed by atoms with Gasteiger partial charge in [-0.1, -0.05) is 24.8 Å². The molecule has 182 valence electrons. The lowest BCUT2D eigenvalue weighted by Crippen LogP contribution is -2.38. The summed E-state index contributed by atoms with van der Waals surface area (Å²) in [5.41, 5.74) is 0.408. The Morgan fingerprint density at radius 2 is 1.83 bits per heavy atom. The summed E-state index contributed by atoms with van der Waals surface area (Å²) in [7, 11) is -4.28. The van der Waals surface area contributed by atoms with E-state index in [9.17, 15) is 17.6 Å². The van der Waals surface area contributed by atoms with Gasteiger partial charge in [0.25, 0.3) is 10.0 Å². The fourth-order valence-corrected chi connectivity index (χ4v) is 4.84. The van der Waals surface area contributed by atoms with Crippen LogP contribution in [0.15, 0.2) is 84.3 Å². The maximum absolute atomic E-state index is 14.0. The van der Waals surface area contributed by atoms with Gasteiger partial charge in [0.1, 0.15) is 37.9 Å². The van der Waals surface area contributed by atoms with E-state index in [1.807, 2.05) is 0 Å². The summed E-state index contributed by atoms with van der Waals surface area (Å²) in [6, 6.07) is 15.8. The number of anilines is 2. The number of fused-ring (bicyclic) bond motifs is 1. The van der Waals surface area contributed by atoms with E-state index in [-0.39, 0.29) is 22.9 Å². The van der Waals surface area contributed by atoms with Gasteiger partial charge in [-0.05, 0) is 42.5 Å². The van der Waals surface area contributed by atoms with Crippen molar-refractivity contribution in [1.29, 1.82) is 0 Å². The Kier molecular flexibility index (Phi) is 7.21. The van der Waals surface area contributed by atoms with Gasteiger partial charge >= 0.3 is 0 Å². The van der Waals surface area contributed by atoms with Gasteiger partial charge in [0.2, 0.25) is 5.91 Å². The third kappa shape index (κ3) is 5.72. The van der Waals surface area contributed by atoms with Crippen molar-refractivity contribution in [1.82, 2.24) is 0 Å². The number of carbonyl (C=O) groups is 1. The van der Waals surface area contributed by atoms with Gasteiger partial charge in [0.15, 0.2) is 11.5 Å². The van der Waals surface area contributed by atoms with E-state index >= 15 is 0 Å². The van der Waals surface area contributed by atoms with Crippen LogP contribution < -0.4 is 23.8 Å². The SMILES string of the molecule is C=CCOc1cccc(NC(=O)CN(c2cccc(F)c2)S(=O)(=O)c2ccc3c(c2)OCCO3)c1. The van der Waals surface area contributed by atoms with Crippen molar-refractivity contribution in [2.24, 2.45) is 0 Å². The van der Waals surface area contributed by atoms with Gasteiger partial charge in [-0.15, -0.1) is 0 Å². The Morgan fingerprint density at radius 3 is 2.60 bits per heavy atom. The molecule has 0 aromatic heterocycles. The first-order valence-electron chi connectivity index (χ1n) is 10.7. The Bertz CT molecular complexity index is 1350. The highest BCUT2D eigenvalue weighted by molar-refractivity contribution is 7.92. The Balaban J connectivity index is 1.62. The standard InChI is InChI=1S/C25H23FN2O6S/c1-2-11-32-21-8-4-6-19(15-21)27-25(29)17-28(20-7-3-5-18(26)14-20)35(30,31)22-9-10-23-24(16-22)34-13-12-33-23/h2-10,14-16H,1,11-13,17H2,(H,27,29). The molecule has 3 aromatic rings. The maximum Gasteiger partial charge on any atom is 0.264 e. The molecule has 0 unspecified atom stereocenters. The van der Waals surface area contributed by atoms with Crippen LogP contribution in [0, 0.1) is 5.82 Å². The predicted octanol–water partition coefficient (Wildman–Crippen LogP) is 4.00. The Labute approximate surface area is 202 Å². The lowest BCUT2D eigenvalue weighted by molar-refractivity contribution is -0.114. The topological polar surface area (TPSA) is 94.2 Å². The number of ether oxygens (including phenoxy) is 3. The fourth-order valence-electron chi connectivity index (χ4n) is 3.41. The second-order valence-electron chi connectivity index (χ2n) is 7.47. The van der Waals surface area contributed by atoms with Crippen LogP contribution in [0.2, 0.25) is 0 Å². The van der Waals surface area contributed by atoms with Crippen molar-refractivity contribution in [3.63, 3.8) is 0 Å². The van der Waals surface area contributed by atoms with Gasteiger partial charge in [0.05, 0.1) is 10.6 Å². The molecule has 1 aliphatic heterocycles. The summed E-state index contributed by atoms with van der Waals surface area (Å²) >= 11 is 0. The zero-order valence-electron chi connectivity index (χ0n) is 18.6. The van der Waals surface area contributed by atoms with Crippen LogP contribution in [-0.4, -0.2) is 40.7 Å². The Hall–Kier alpha value is -4.05. The summed E-state index contributed by atoms with van der Waals surface area (Å²) in [5, 5.41) is 2.66. The van der Waals surface area contributed by atoms with E-state index < -0.39 is 28.3 Å². The maximum atomic E-state index is 14.0. The number of rotatable bonds is 9. The highest BCUT2D eigenvalue weighted by Crippen LogP contribution is 2.34. The van der Waals surface area contributed by atoms with Crippen molar-refractivity contribution in [3.8, 4) is 17.2 Å². The fraction of sp³-hybridized carbons (Fsp3) is 0.160. The smallest absolute Gasteiger partial charge is 0.264 e. The minimum Gasteiger partial charge on any atom is -0.489 e. The normalized spacial score (nSPS) is 12.5. The van der Waals surface area contributed by atoms with Crippen molar-refractivity contribution < 1.29 is 31.8 Å². The molecule has 0 radical (unpaired) electrons. The van der Waals surface area contributed by atoms with Gasteiger partial charge < -0.3 is 19.5 Å². The van der Waals surface area contributed by atoms with Crippen molar-refractivity contribution in [2.45, 2.75) is 4.90 Å². The number of hydrogen-bond donors (Lipinski definition) is 1. The summed E-state index contributed by atoms with van der Waals surface area (Å²) < 4.78 is 58.4. The minimum absolute atomic E-state index is 0.00175. The molecule has 1 amide bonds. The van der Waals surface area contributed by atoms with Crippen LogP contribution >= 0.6 is 0 Å².